The summed E-state index contributed by atoms with van der Waals surface area (Å²) in [5.41, 5.74) is 0.653. The van der Waals surface area contributed by atoms with E-state index < -0.39 is 0 Å². The Bertz CT molecular complexity index is 1050. The van der Waals surface area contributed by atoms with E-state index in [0.717, 1.165) is 41.3 Å². The third-order valence-corrected chi connectivity index (χ3v) is 7.22. The Morgan fingerprint density at radius 1 is 1.21 bits per heavy atom. The summed E-state index contributed by atoms with van der Waals surface area (Å²) in [7, 11) is 0. The fourth-order valence-electron chi connectivity index (χ4n) is 3.58. The second-order valence-electron chi connectivity index (χ2n) is 7.35. The van der Waals surface area contributed by atoms with Crippen molar-refractivity contribution in [2.75, 3.05) is 18.0 Å². The largest absolute Gasteiger partial charge is 0.341 e. The van der Waals surface area contributed by atoms with Gasteiger partial charge in [-0.2, -0.15) is 9.61 Å². The highest BCUT2D eigenvalue weighted by Gasteiger charge is 2.32. The lowest BCUT2D eigenvalue weighted by Crippen LogP contribution is -2.31. The van der Waals surface area contributed by atoms with Crippen LogP contribution in [0.4, 0.5) is 5.95 Å². The molecule has 2 aliphatic rings. The number of aryl methyl sites for hydroxylation is 1. The number of hydrogen-bond acceptors (Lipinski definition) is 8. The van der Waals surface area contributed by atoms with E-state index in [1.54, 1.807) is 17.8 Å². The van der Waals surface area contributed by atoms with Crippen molar-refractivity contribution >= 4 is 34.0 Å². The number of anilines is 1. The van der Waals surface area contributed by atoms with Gasteiger partial charge in [0.15, 0.2) is 5.16 Å². The molecule has 8 nitrogen and oxygen atoms in total. The summed E-state index contributed by atoms with van der Waals surface area (Å²) in [6, 6.07) is 2.10. The molecule has 10 heteroatoms. The maximum atomic E-state index is 12.4. The monoisotopic (exact) mass is 417 g/mol. The van der Waals surface area contributed by atoms with Crippen molar-refractivity contribution in [1.29, 1.82) is 0 Å². The summed E-state index contributed by atoms with van der Waals surface area (Å²) in [4.78, 5) is 20.0. The van der Waals surface area contributed by atoms with E-state index in [9.17, 15) is 4.79 Å². The zero-order valence-corrected chi connectivity index (χ0v) is 17.5. The minimum atomic E-state index is -0.116. The van der Waals surface area contributed by atoms with Crippen molar-refractivity contribution in [3.63, 3.8) is 0 Å². The first kappa shape index (κ1) is 18.1. The molecule has 28 heavy (non-hydrogen) atoms. The molecule has 3 aromatic heterocycles. The maximum absolute atomic E-state index is 12.4. The van der Waals surface area contributed by atoms with Crippen LogP contribution in [0.5, 0.6) is 0 Å². The fraction of sp³-hybridized carbons (Fsp3) is 0.611. The number of rotatable bonds is 6. The lowest BCUT2D eigenvalue weighted by molar-refractivity contribution is 0.548. The number of nitrogens with zero attached hydrogens (tertiary/aromatic N) is 7. The molecular formula is C18H23N7OS2. The van der Waals surface area contributed by atoms with Crippen LogP contribution in [0.1, 0.15) is 55.8 Å². The summed E-state index contributed by atoms with van der Waals surface area (Å²) < 4.78 is 3.71. The Morgan fingerprint density at radius 3 is 2.79 bits per heavy atom. The first-order chi connectivity index (χ1) is 13.7. The second-order valence-corrected chi connectivity index (χ2v) is 9.33. The number of thioether (sulfide) groups is 1. The van der Waals surface area contributed by atoms with Gasteiger partial charge in [0.05, 0.1) is 5.69 Å². The summed E-state index contributed by atoms with van der Waals surface area (Å²) in [6.45, 7) is 4.16. The summed E-state index contributed by atoms with van der Waals surface area (Å²) in [5.74, 6) is 1.62. The quantitative estimate of drug-likeness (QED) is 0.570. The van der Waals surface area contributed by atoms with Gasteiger partial charge in [0, 0.05) is 31.0 Å². The van der Waals surface area contributed by atoms with Crippen LogP contribution in [0.15, 0.2) is 16.0 Å². The van der Waals surface area contributed by atoms with Gasteiger partial charge in [0.1, 0.15) is 5.01 Å². The lowest BCUT2D eigenvalue weighted by atomic mass is 10.1. The number of piperidine rings is 1. The van der Waals surface area contributed by atoms with Gasteiger partial charge >= 0.3 is 0 Å². The zero-order chi connectivity index (χ0) is 19.1. The third-order valence-electron chi connectivity index (χ3n) is 5.19. The van der Waals surface area contributed by atoms with E-state index in [2.05, 4.69) is 29.7 Å². The van der Waals surface area contributed by atoms with Gasteiger partial charge in [0.25, 0.3) is 5.56 Å². The number of aromatic nitrogens is 6. The second kappa shape index (κ2) is 7.47. The van der Waals surface area contributed by atoms with Crippen LogP contribution in [0, 0.1) is 0 Å². The van der Waals surface area contributed by atoms with Crippen LogP contribution in [-0.4, -0.2) is 42.5 Å². The Balaban J connectivity index is 1.39. The first-order valence-electron chi connectivity index (χ1n) is 9.94. The SMILES string of the molecule is CCc1nn2c(=O)cc(CSc3nnc(N4CCCCC4)n3C3CC3)nc2s1. The molecule has 0 spiro atoms. The van der Waals surface area contributed by atoms with Gasteiger partial charge in [0.2, 0.25) is 10.9 Å². The molecule has 0 unspecified atom stereocenters. The van der Waals surface area contributed by atoms with Crippen LogP contribution in [0.25, 0.3) is 4.96 Å². The highest BCUT2D eigenvalue weighted by molar-refractivity contribution is 7.98. The average molecular weight is 418 g/mol. The van der Waals surface area contributed by atoms with E-state index >= 15 is 0 Å². The predicted molar refractivity (Wildman–Crippen MR) is 110 cm³/mol. The molecular weight excluding hydrogens is 394 g/mol. The molecule has 2 fully saturated rings. The van der Waals surface area contributed by atoms with Crippen LogP contribution >= 0.6 is 23.1 Å². The molecule has 0 bridgehead atoms. The highest BCUT2D eigenvalue weighted by atomic mass is 32.2. The van der Waals surface area contributed by atoms with Gasteiger partial charge in [-0.1, -0.05) is 30.0 Å². The summed E-state index contributed by atoms with van der Waals surface area (Å²) in [6.07, 6.45) is 6.94. The van der Waals surface area contributed by atoms with Crippen molar-refractivity contribution in [2.45, 2.75) is 62.4 Å². The molecule has 148 valence electrons. The van der Waals surface area contributed by atoms with Gasteiger partial charge in [-0.3, -0.25) is 9.36 Å². The standard InChI is InChI=1S/C18H23N7OS2/c1-2-14-22-25-15(26)10-12(19-17(25)28-14)11-27-18-21-20-16(24(18)13-6-7-13)23-8-4-3-5-9-23/h10,13H,2-9,11H2,1H3. The normalized spacial score (nSPS) is 17.5. The predicted octanol–water partition coefficient (Wildman–Crippen LogP) is 2.92. The third kappa shape index (κ3) is 3.43. The van der Waals surface area contributed by atoms with Crippen molar-refractivity contribution in [3.05, 3.63) is 27.1 Å². The molecule has 0 atom stereocenters. The topological polar surface area (TPSA) is 81.2 Å². The smallest absolute Gasteiger partial charge is 0.275 e. The van der Waals surface area contributed by atoms with Crippen molar-refractivity contribution in [3.8, 4) is 0 Å². The van der Waals surface area contributed by atoms with Gasteiger partial charge < -0.3 is 4.90 Å². The molecule has 0 radical (unpaired) electrons. The van der Waals surface area contributed by atoms with Gasteiger partial charge in [-0.05, 0) is 38.5 Å². The highest BCUT2D eigenvalue weighted by Crippen LogP contribution is 2.41. The van der Waals surface area contributed by atoms with Crippen molar-refractivity contribution < 1.29 is 0 Å². The van der Waals surface area contributed by atoms with E-state index in [1.807, 2.05) is 6.92 Å². The van der Waals surface area contributed by atoms with Crippen molar-refractivity contribution in [1.82, 2.24) is 29.4 Å². The van der Waals surface area contributed by atoms with Crippen molar-refractivity contribution in [2.24, 2.45) is 0 Å². The first-order valence-corrected chi connectivity index (χ1v) is 11.7. The lowest BCUT2D eigenvalue weighted by Gasteiger charge is -2.27. The fourth-order valence-corrected chi connectivity index (χ4v) is 5.33. The maximum Gasteiger partial charge on any atom is 0.275 e. The number of fused-ring (bicyclic) bond motifs is 1. The Morgan fingerprint density at radius 2 is 2.04 bits per heavy atom. The minimum absolute atomic E-state index is 0.116. The van der Waals surface area contributed by atoms with E-state index in [0.29, 0.717) is 16.8 Å². The molecule has 0 N–H and O–H groups in total. The molecule has 1 aliphatic heterocycles. The van der Waals surface area contributed by atoms with Gasteiger partial charge in [-0.25, -0.2) is 4.98 Å². The summed E-state index contributed by atoms with van der Waals surface area (Å²) in [5, 5.41) is 15.2. The average Bonchev–Trinajstić information content (AvgIpc) is 3.32. The molecule has 0 amide bonds. The number of hydrogen-bond donors (Lipinski definition) is 0. The molecule has 0 aromatic carbocycles. The molecule has 4 heterocycles. The van der Waals surface area contributed by atoms with Crippen LogP contribution in [-0.2, 0) is 12.2 Å². The minimum Gasteiger partial charge on any atom is -0.341 e. The van der Waals surface area contributed by atoms with Crippen LogP contribution in [0.2, 0.25) is 0 Å². The van der Waals surface area contributed by atoms with E-state index in [4.69, 9.17) is 0 Å². The molecule has 1 saturated carbocycles. The van der Waals surface area contributed by atoms with Crippen LogP contribution < -0.4 is 10.5 Å². The van der Waals surface area contributed by atoms with E-state index in [1.165, 1.54) is 48.0 Å². The molecule has 3 aromatic rings. The Kier molecular flexibility index (Phi) is 4.83. The molecule has 1 saturated heterocycles. The zero-order valence-electron chi connectivity index (χ0n) is 15.9. The Hall–Kier alpha value is -1.94. The Labute approximate surface area is 171 Å². The summed E-state index contributed by atoms with van der Waals surface area (Å²) >= 11 is 3.10. The van der Waals surface area contributed by atoms with Crippen LogP contribution in [0.3, 0.4) is 0 Å². The van der Waals surface area contributed by atoms with Gasteiger partial charge in [-0.15, -0.1) is 10.2 Å². The van der Waals surface area contributed by atoms with E-state index in [-0.39, 0.29) is 5.56 Å². The molecule has 5 rings (SSSR count). The molecule has 1 aliphatic carbocycles.